The number of hydrogen-bond acceptors (Lipinski definition) is 1. The SMILES string of the molecule is C=CC=CC=C(CCC)C1=CC=C(COC)C=CCC1C. The Kier molecular flexibility index (Phi) is 8.45. The Hall–Kier alpha value is -1.60. The molecule has 1 atom stereocenters. The third-order valence-electron chi connectivity index (χ3n) is 3.58. The van der Waals surface area contributed by atoms with Gasteiger partial charge >= 0.3 is 0 Å². The molecule has 0 N–H and O–H groups in total. The number of allylic oxidation sites excluding steroid dienone is 9. The maximum absolute atomic E-state index is 5.24. The van der Waals surface area contributed by atoms with Crippen LogP contribution in [0.5, 0.6) is 0 Å². The first-order valence-electron chi connectivity index (χ1n) is 7.77. The zero-order chi connectivity index (χ0) is 15.5. The topological polar surface area (TPSA) is 9.23 Å². The molecule has 0 aromatic rings. The van der Waals surface area contributed by atoms with Crippen molar-refractivity contribution in [2.45, 2.75) is 33.1 Å². The Bertz CT molecular complexity index is 472. The number of methoxy groups -OCH3 is 1. The Morgan fingerprint density at radius 1 is 1.38 bits per heavy atom. The van der Waals surface area contributed by atoms with Crippen molar-refractivity contribution in [3.63, 3.8) is 0 Å². The first kappa shape index (κ1) is 17.5. The van der Waals surface area contributed by atoms with E-state index in [1.807, 2.05) is 12.2 Å². The quantitative estimate of drug-likeness (QED) is 0.557. The number of hydrogen-bond donors (Lipinski definition) is 0. The number of ether oxygens (including phenoxy) is 1. The van der Waals surface area contributed by atoms with E-state index in [0.717, 1.165) is 19.3 Å². The molecule has 1 heteroatoms. The molecule has 0 amide bonds. The second-order valence-electron chi connectivity index (χ2n) is 5.40. The summed E-state index contributed by atoms with van der Waals surface area (Å²) in [7, 11) is 1.74. The van der Waals surface area contributed by atoms with Gasteiger partial charge in [-0.15, -0.1) is 0 Å². The fourth-order valence-electron chi connectivity index (χ4n) is 2.50. The van der Waals surface area contributed by atoms with Crippen molar-refractivity contribution in [2.75, 3.05) is 13.7 Å². The summed E-state index contributed by atoms with van der Waals surface area (Å²) in [6.45, 7) is 8.92. The highest BCUT2D eigenvalue weighted by Crippen LogP contribution is 2.28. The van der Waals surface area contributed by atoms with Gasteiger partial charge in [-0.25, -0.2) is 0 Å². The van der Waals surface area contributed by atoms with Gasteiger partial charge in [0, 0.05) is 7.11 Å². The lowest BCUT2D eigenvalue weighted by molar-refractivity contribution is 0.228. The van der Waals surface area contributed by atoms with Gasteiger partial charge < -0.3 is 4.74 Å². The minimum Gasteiger partial charge on any atom is -0.380 e. The Labute approximate surface area is 130 Å². The molecule has 21 heavy (non-hydrogen) atoms. The Morgan fingerprint density at radius 3 is 2.86 bits per heavy atom. The van der Waals surface area contributed by atoms with E-state index in [9.17, 15) is 0 Å². The van der Waals surface area contributed by atoms with Gasteiger partial charge in [0.2, 0.25) is 0 Å². The lowest BCUT2D eigenvalue weighted by atomic mass is 9.87. The van der Waals surface area contributed by atoms with Crippen LogP contribution in [-0.2, 0) is 4.74 Å². The molecule has 0 spiro atoms. The highest BCUT2D eigenvalue weighted by atomic mass is 16.5. The van der Waals surface area contributed by atoms with Crippen molar-refractivity contribution in [2.24, 2.45) is 5.92 Å². The molecule has 1 rings (SSSR count). The van der Waals surface area contributed by atoms with Gasteiger partial charge in [0.15, 0.2) is 0 Å². The van der Waals surface area contributed by atoms with Crippen LogP contribution in [0.3, 0.4) is 0 Å². The fourth-order valence-corrected chi connectivity index (χ4v) is 2.50. The molecule has 1 nitrogen and oxygen atoms in total. The highest BCUT2D eigenvalue weighted by molar-refractivity contribution is 5.41. The van der Waals surface area contributed by atoms with E-state index in [4.69, 9.17) is 4.74 Å². The molecule has 0 aromatic heterocycles. The van der Waals surface area contributed by atoms with Crippen LogP contribution in [0.2, 0.25) is 0 Å². The van der Waals surface area contributed by atoms with Crippen molar-refractivity contribution >= 4 is 0 Å². The summed E-state index contributed by atoms with van der Waals surface area (Å²) < 4.78 is 5.24. The molecule has 0 heterocycles. The van der Waals surface area contributed by atoms with Gasteiger partial charge in [-0.1, -0.05) is 75.5 Å². The molecule has 1 unspecified atom stereocenters. The van der Waals surface area contributed by atoms with Crippen molar-refractivity contribution in [3.8, 4) is 0 Å². The average molecular weight is 284 g/mol. The third-order valence-corrected chi connectivity index (χ3v) is 3.58. The average Bonchev–Trinajstić information content (AvgIpc) is 2.45. The highest BCUT2D eigenvalue weighted by Gasteiger charge is 2.12. The molecular formula is C20H28O. The molecule has 1 aliphatic rings. The molecule has 0 aliphatic heterocycles. The van der Waals surface area contributed by atoms with Gasteiger partial charge in [-0.3, -0.25) is 0 Å². The van der Waals surface area contributed by atoms with Crippen LogP contribution < -0.4 is 0 Å². The summed E-state index contributed by atoms with van der Waals surface area (Å²) in [6, 6.07) is 0. The molecule has 1 aliphatic carbocycles. The van der Waals surface area contributed by atoms with Crippen LogP contribution in [0.4, 0.5) is 0 Å². The van der Waals surface area contributed by atoms with E-state index >= 15 is 0 Å². The van der Waals surface area contributed by atoms with Gasteiger partial charge in [0.1, 0.15) is 0 Å². The second kappa shape index (κ2) is 10.2. The monoisotopic (exact) mass is 284 g/mol. The summed E-state index contributed by atoms with van der Waals surface area (Å²) in [5.74, 6) is 0.538. The Morgan fingerprint density at radius 2 is 2.19 bits per heavy atom. The fraction of sp³-hybridized carbons (Fsp3) is 0.400. The first-order valence-corrected chi connectivity index (χ1v) is 7.77. The molecule has 0 saturated heterocycles. The standard InChI is InChI=1S/C20H28O/c1-5-7-8-13-19(10-6-2)20-15-14-18(16-21-4)12-9-11-17(20)3/h5,7-9,12-15,17H,1,6,10-11,16H2,2-4H3. The van der Waals surface area contributed by atoms with Gasteiger partial charge in [-0.05, 0) is 35.5 Å². The summed E-state index contributed by atoms with van der Waals surface area (Å²) >= 11 is 0. The normalized spacial score (nSPS) is 20.0. The van der Waals surface area contributed by atoms with Gasteiger partial charge in [-0.2, -0.15) is 0 Å². The van der Waals surface area contributed by atoms with Crippen LogP contribution >= 0.6 is 0 Å². The van der Waals surface area contributed by atoms with Crippen molar-refractivity contribution in [1.29, 1.82) is 0 Å². The molecule has 0 aromatic carbocycles. The number of rotatable bonds is 7. The largest absolute Gasteiger partial charge is 0.380 e. The lowest BCUT2D eigenvalue weighted by Gasteiger charge is -2.19. The summed E-state index contributed by atoms with van der Waals surface area (Å²) in [5.41, 5.74) is 4.08. The first-order chi connectivity index (χ1) is 10.2. The molecule has 0 radical (unpaired) electrons. The van der Waals surface area contributed by atoms with E-state index in [0.29, 0.717) is 12.5 Å². The summed E-state index contributed by atoms with van der Waals surface area (Å²) in [4.78, 5) is 0. The maximum atomic E-state index is 5.24. The maximum Gasteiger partial charge on any atom is 0.0712 e. The minimum atomic E-state index is 0.538. The van der Waals surface area contributed by atoms with Crippen molar-refractivity contribution in [3.05, 3.63) is 71.9 Å². The molecular weight excluding hydrogens is 256 g/mol. The van der Waals surface area contributed by atoms with E-state index in [1.54, 1.807) is 7.11 Å². The molecule has 0 bridgehead atoms. The van der Waals surface area contributed by atoms with Crippen molar-refractivity contribution < 1.29 is 4.74 Å². The lowest BCUT2D eigenvalue weighted by Crippen LogP contribution is -2.04. The molecule has 114 valence electrons. The summed E-state index contributed by atoms with van der Waals surface area (Å²) in [5, 5.41) is 0. The third kappa shape index (κ3) is 6.14. The predicted octanol–water partition coefficient (Wildman–Crippen LogP) is 5.55. The van der Waals surface area contributed by atoms with E-state index < -0.39 is 0 Å². The summed E-state index contributed by atoms with van der Waals surface area (Å²) in [6.07, 6.45) is 20.3. The van der Waals surface area contributed by atoms with Gasteiger partial charge in [0.25, 0.3) is 0 Å². The van der Waals surface area contributed by atoms with Crippen LogP contribution in [0.25, 0.3) is 0 Å². The molecule has 0 saturated carbocycles. The zero-order valence-electron chi connectivity index (χ0n) is 13.6. The second-order valence-corrected chi connectivity index (χ2v) is 5.40. The smallest absolute Gasteiger partial charge is 0.0712 e. The predicted molar refractivity (Wildman–Crippen MR) is 93.3 cm³/mol. The molecule has 0 fully saturated rings. The van der Waals surface area contributed by atoms with Gasteiger partial charge in [0.05, 0.1) is 6.61 Å². The van der Waals surface area contributed by atoms with Crippen LogP contribution in [-0.4, -0.2) is 13.7 Å². The van der Waals surface area contributed by atoms with Crippen LogP contribution in [0.15, 0.2) is 71.9 Å². The van der Waals surface area contributed by atoms with E-state index in [2.05, 4.69) is 56.9 Å². The Balaban J connectivity index is 3.10. The van der Waals surface area contributed by atoms with E-state index in [1.165, 1.54) is 16.7 Å². The van der Waals surface area contributed by atoms with Crippen molar-refractivity contribution in [1.82, 2.24) is 0 Å². The van der Waals surface area contributed by atoms with E-state index in [-0.39, 0.29) is 0 Å². The zero-order valence-corrected chi connectivity index (χ0v) is 13.6. The van der Waals surface area contributed by atoms with Crippen LogP contribution in [0.1, 0.15) is 33.1 Å². The minimum absolute atomic E-state index is 0.538. The van der Waals surface area contributed by atoms with Crippen LogP contribution in [0, 0.1) is 5.92 Å².